The average molecular weight is 574 g/mol. The van der Waals surface area contributed by atoms with Crippen molar-refractivity contribution in [3.63, 3.8) is 0 Å². The van der Waals surface area contributed by atoms with Gasteiger partial charge in [-0.1, -0.05) is 0 Å². The van der Waals surface area contributed by atoms with Crippen molar-refractivity contribution >= 4 is 34.8 Å². The number of carbonyl (C=O) groups is 4. The molecule has 4 aromatic rings. The number of ketones is 1. The minimum absolute atomic E-state index is 0.113. The van der Waals surface area contributed by atoms with Crippen molar-refractivity contribution in [1.82, 2.24) is 29.4 Å². The number of benzene rings is 1. The molecule has 11 nitrogen and oxygen atoms in total. The zero-order valence-electron chi connectivity index (χ0n) is 24.1. The molecule has 1 fully saturated rings. The lowest BCUT2D eigenvalue weighted by Gasteiger charge is -2.39. The SMILES string of the molecule is Cc1cc(NC(=O)c2c(C)c(C(=O)C(=O)NC3(C)CCN(C(=O)c4cnn5cccnc45)CC3)n(C)c2C)ccc1F. The monoisotopic (exact) mass is 573 g/mol. The third kappa shape index (κ3) is 5.15. The second-order valence-corrected chi connectivity index (χ2v) is 11.0. The number of aryl methyl sites for hydroxylation is 1. The van der Waals surface area contributed by atoms with Gasteiger partial charge in [-0.3, -0.25) is 19.2 Å². The summed E-state index contributed by atoms with van der Waals surface area (Å²) in [6.45, 7) is 7.52. The summed E-state index contributed by atoms with van der Waals surface area (Å²) in [4.78, 5) is 58.9. The van der Waals surface area contributed by atoms with E-state index in [1.165, 1.54) is 29.0 Å². The number of piperidine rings is 1. The lowest BCUT2D eigenvalue weighted by atomic mass is 9.89. The smallest absolute Gasteiger partial charge is 0.294 e. The molecule has 0 spiro atoms. The number of nitrogens with zero attached hydrogens (tertiary/aromatic N) is 5. The summed E-state index contributed by atoms with van der Waals surface area (Å²) in [5, 5.41) is 9.81. The number of likely N-dealkylation sites (tertiary alicyclic amines) is 1. The maximum absolute atomic E-state index is 13.7. The molecule has 1 aromatic carbocycles. The number of carbonyl (C=O) groups excluding carboxylic acids is 4. The van der Waals surface area contributed by atoms with E-state index in [4.69, 9.17) is 0 Å². The summed E-state index contributed by atoms with van der Waals surface area (Å²) in [6.07, 6.45) is 5.71. The van der Waals surface area contributed by atoms with Crippen molar-refractivity contribution in [1.29, 1.82) is 0 Å². The summed E-state index contributed by atoms with van der Waals surface area (Å²) >= 11 is 0. The molecule has 0 atom stereocenters. The Labute approximate surface area is 241 Å². The molecule has 3 aromatic heterocycles. The van der Waals surface area contributed by atoms with Crippen molar-refractivity contribution in [3.8, 4) is 0 Å². The number of nitrogens with one attached hydrogen (secondary N) is 2. The summed E-state index contributed by atoms with van der Waals surface area (Å²) in [5.74, 6) is -2.57. The molecule has 1 aliphatic heterocycles. The van der Waals surface area contributed by atoms with Gasteiger partial charge in [0.25, 0.3) is 23.5 Å². The Kier molecular flexibility index (Phi) is 7.40. The van der Waals surface area contributed by atoms with E-state index < -0.39 is 23.1 Å². The quantitative estimate of drug-likeness (QED) is 0.269. The minimum atomic E-state index is -0.783. The van der Waals surface area contributed by atoms with Crippen LogP contribution in [0.5, 0.6) is 0 Å². The third-order valence-electron chi connectivity index (χ3n) is 8.07. The van der Waals surface area contributed by atoms with Crippen LogP contribution in [0.25, 0.3) is 5.65 Å². The van der Waals surface area contributed by atoms with Gasteiger partial charge in [0.1, 0.15) is 11.4 Å². The van der Waals surface area contributed by atoms with Crippen molar-refractivity contribution in [3.05, 3.63) is 82.3 Å². The molecule has 3 amide bonds. The predicted octanol–water partition coefficient (Wildman–Crippen LogP) is 3.38. The summed E-state index contributed by atoms with van der Waals surface area (Å²) in [6, 6.07) is 5.98. The van der Waals surface area contributed by atoms with Crippen molar-refractivity contribution < 1.29 is 23.6 Å². The van der Waals surface area contributed by atoms with Gasteiger partial charge < -0.3 is 20.1 Å². The van der Waals surface area contributed by atoms with E-state index in [1.807, 2.05) is 6.92 Å². The number of anilines is 1. The Morgan fingerprint density at radius 1 is 1.07 bits per heavy atom. The van der Waals surface area contributed by atoms with Crippen LogP contribution in [0.15, 0.2) is 42.9 Å². The first-order valence-corrected chi connectivity index (χ1v) is 13.6. The minimum Gasteiger partial charge on any atom is -0.344 e. The fourth-order valence-electron chi connectivity index (χ4n) is 5.47. The van der Waals surface area contributed by atoms with Crippen molar-refractivity contribution in [2.75, 3.05) is 18.4 Å². The van der Waals surface area contributed by atoms with E-state index in [0.29, 0.717) is 59.7 Å². The first-order valence-electron chi connectivity index (χ1n) is 13.6. The molecule has 1 saturated heterocycles. The van der Waals surface area contributed by atoms with Crippen LogP contribution in [0.3, 0.4) is 0 Å². The number of hydrogen-bond donors (Lipinski definition) is 2. The molecule has 12 heteroatoms. The van der Waals surface area contributed by atoms with Crippen LogP contribution in [0.4, 0.5) is 10.1 Å². The highest BCUT2D eigenvalue weighted by molar-refractivity contribution is 6.43. The Morgan fingerprint density at radius 2 is 1.79 bits per heavy atom. The number of aromatic nitrogens is 4. The van der Waals surface area contributed by atoms with E-state index in [-0.39, 0.29) is 23.0 Å². The van der Waals surface area contributed by atoms with Gasteiger partial charge in [-0.2, -0.15) is 5.10 Å². The average Bonchev–Trinajstić information content (AvgIpc) is 3.48. The Bertz CT molecular complexity index is 1750. The number of amides is 3. The Hall–Kier alpha value is -4.87. The fourth-order valence-corrected chi connectivity index (χ4v) is 5.47. The molecule has 218 valence electrons. The fraction of sp³-hybridized carbons (Fsp3) is 0.333. The molecule has 0 aliphatic carbocycles. The van der Waals surface area contributed by atoms with Crippen molar-refractivity contribution in [2.45, 2.75) is 46.1 Å². The number of Topliss-reactive ketones (excluding diaryl/α,β-unsaturated/α-hetero) is 1. The first-order chi connectivity index (χ1) is 19.9. The van der Waals surface area contributed by atoms with Gasteiger partial charge in [0.2, 0.25) is 0 Å². The zero-order valence-corrected chi connectivity index (χ0v) is 24.1. The summed E-state index contributed by atoms with van der Waals surface area (Å²) < 4.78 is 16.7. The van der Waals surface area contributed by atoms with Gasteiger partial charge in [-0.15, -0.1) is 0 Å². The molecule has 5 rings (SSSR count). The van der Waals surface area contributed by atoms with E-state index in [1.54, 1.807) is 55.7 Å². The summed E-state index contributed by atoms with van der Waals surface area (Å²) in [5.41, 5.74) is 2.25. The first kappa shape index (κ1) is 28.7. The zero-order chi connectivity index (χ0) is 30.3. The van der Waals surface area contributed by atoms with Crippen LogP contribution in [0, 0.1) is 26.6 Å². The highest BCUT2D eigenvalue weighted by atomic mass is 19.1. The molecule has 0 unspecified atom stereocenters. The molecule has 0 radical (unpaired) electrons. The van der Waals surface area contributed by atoms with Crippen LogP contribution in [0.2, 0.25) is 0 Å². The molecular formula is C30H32FN7O4. The number of fused-ring (bicyclic) bond motifs is 1. The molecular weight excluding hydrogens is 541 g/mol. The lowest BCUT2D eigenvalue weighted by molar-refractivity contribution is -0.119. The van der Waals surface area contributed by atoms with Gasteiger partial charge in [-0.25, -0.2) is 13.9 Å². The second kappa shape index (κ2) is 10.8. The molecule has 42 heavy (non-hydrogen) atoms. The molecule has 0 bridgehead atoms. The van der Waals surface area contributed by atoms with E-state index in [2.05, 4.69) is 20.7 Å². The van der Waals surface area contributed by atoms with Crippen LogP contribution >= 0.6 is 0 Å². The predicted molar refractivity (Wildman–Crippen MR) is 153 cm³/mol. The number of halogens is 1. The van der Waals surface area contributed by atoms with Gasteiger partial charge in [0.15, 0.2) is 5.65 Å². The van der Waals surface area contributed by atoms with Crippen LogP contribution in [-0.4, -0.2) is 66.2 Å². The van der Waals surface area contributed by atoms with E-state index >= 15 is 0 Å². The molecule has 1 aliphatic rings. The maximum atomic E-state index is 13.7. The van der Waals surface area contributed by atoms with Crippen molar-refractivity contribution in [2.24, 2.45) is 7.05 Å². The lowest BCUT2D eigenvalue weighted by Crippen LogP contribution is -2.55. The molecule has 4 heterocycles. The van der Waals surface area contributed by atoms with Gasteiger partial charge in [0.05, 0.1) is 17.5 Å². The van der Waals surface area contributed by atoms with Crippen LogP contribution in [0.1, 0.15) is 67.8 Å². The second-order valence-electron chi connectivity index (χ2n) is 11.0. The Morgan fingerprint density at radius 3 is 2.48 bits per heavy atom. The van der Waals surface area contributed by atoms with Crippen LogP contribution < -0.4 is 10.6 Å². The number of hydrogen-bond acceptors (Lipinski definition) is 6. The normalized spacial score (nSPS) is 14.6. The highest BCUT2D eigenvalue weighted by Crippen LogP contribution is 2.26. The molecule has 0 saturated carbocycles. The topological polar surface area (TPSA) is 131 Å². The van der Waals surface area contributed by atoms with Gasteiger partial charge in [-0.05, 0) is 75.9 Å². The van der Waals surface area contributed by atoms with E-state index in [9.17, 15) is 23.6 Å². The maximum Gasteiger partial charge on any atom is 0.294 e. The standard InChI is InChI=1S/C30H32FN7O4/c1-17-15-20(7-8-22(17)31)34-27(40)23-18(2)24(36(5)19(23)3)25(39)28(41)35-30(4)9-13-37(14-10-30)29(42)21-16-33-38-12-6-11-32-26(21)38/h6-8,11-12,15-16H,9-10,13-14H2,1-5H3,(H,34,40)(H,35,41). The van der Waals surface area contributed by atoms with E-state index in [0.717, 1.165) is 0 Å². The number of rotatable bonds is 6. The Balaban J connectivity index is 1.26. The summed E-state index contributed by atoms with van der Waals surface area (Å²) in [7, 11) is 1.63. The van der Waals surface area contributed by atoms with Gasteiger partial charge in [0, 0.05) is 49.5 Å². The van der Waals surface area contributed by atoms with Gasteiger partial charge >= 0.3 is 0 Å². The largest absolute Gasteiger partial charge is 0.344 e. The molecule has 2 N–H and O–H groups in total. The highest BCUT2D eigenvalue weighted by Gasteiger charge is 2.37. The third-order valence-corrected chi connectivity index (χ3v) is 8.07. The van der Waals surface area contributed by atoms with Crippen LogP contribution in [-0.2, 0) is 11.8 Å².